The van der Waals surface area contributed by atoms with E-state index < -0.39 is 15.9 Å². The first-order chi connectivity index (χ1) is 14.1. The highest BCUT2D eigenvalue weighted by Gasteiger charge is 2.23. The van der Waals surface area contributed by atoms with Crippen molar-refractivity contribution in [1.29, 1.82) is 0 Å². The minimum Gasteiger partial charge on any atom is -0.508 e. The normalized spacial score (nSPS) is 11.3. The number of carbonyl (C=O) groups excluding carboxylic acids is 2. The van der Waals surface area contributed by atoms with Crippen LogP contribution in [0.3, 0.4) is 0 Å². The van der Waals surface area contributed by atoms with Crippen molar-refractivity contribution in [3.63, 3.8) is 0 Å². The molecule has 9 heteroatoms. The minimum absolute atomic E-state index is 0.00906. The summed E-state index contributed by atoms with van der Waals surface area (Å²) in [4.78, 5) is 24.2. The maximum atomic E-state index is 12.6. The fourth-order valence-electron chi connectivity index (χ4n) is 2.66. The molecule has 8 nitrogen and oxygen atoms in total. The van der Waals surface area contributed by atoms with Crippen LogP contribution in [0.25, 0.3) is 0 Å². The first kappa shape index (κ1) is 23.4. The molecule has 0 heterocycles. The van der Waals surface area contributed by atoms with E-state index in [1.807, 2.05) is 13.8 Å². The number of benzene rings is 2. The number of aryl methyl sites for hydroxylation is 2. The lowest BCUT2D eigenvalue weighted by atomic mass is 10.1. The van der Waals surface area contributed by atoms with Gasteiger partial charge in [-0.05, 0) is 61.7 Å². The van der Waals surface area contributed by atoms with E-state index in [4.69, 9.17) is 0 Å². The molecule has 0 saturated carbocycles. The number of sulfonamides is 1. The summed E-state index contributed by atoms with van der Waals surface area (Å²) in [5, 5.41) is 14.7. The van der Waals surface area contributed by atoms with Gasteiger partial charge in [-0.15, -0.1) is 0 Å². The van der Waals surface area contributed by atoms with Gasteiger partial charge in [0, 0.05) is 25.7 Å². The number of nitrogens with one attached hydrogen (secondary N) is 2. The van der Waals surface area contributed by atoms with Gasteiger partial charge in [0.1, 0.15) is 5.75 Å². The van der Waals surface area contributed by atoms with Crippen LogP contribution < -0.4 is 10.6 Å². The minimum atomic E-state index is -3.76. The Morgan fingerprint density at radius 1 is 1.00 bits per heavy atom. The first-order valence-electron chi connectivity index (χ1n) is 9.49. The van der Waals surface area contributed by atoms with E-state index in [0.717, 1.165) is 15.4 Å². The van der Waals surface area contributed by atoms with Gasteiger partial charge in [0.2, 0.25) is 15.9 Å². The van der Waals surface area contributed by atoms with E-state index in [0.29, 0.717) is 18.5 Å². The molecule has 0 spiro atoms. The lowest BCUT2D eigenvalue weighted by Gasteiger charge is -2.17. The Bertz CT molecular complexity index is 1020. The van der Waals surface area contributed by atoms with Crippen LogP contribution in [-0.2, 0) is 14.8 Å². The number of likely N-dealkylation sites (N-methyl/N-ethyl adjacent to an activating group) is 1. The van der Waals surface area contributed by atoms with Crippen molar-refractivity contribution in [3.05, 3.63) is 59.2 Å². The van der Waals surface area contributed by atoms with Gasteiger partial charge in [-0.25, -0.2) is 8.42 Å². The Labute approximate surface area is 177 Å². The van der Waals surface area contributed by atoms with E-state index in [9.17, 15) is 23.1 Å². The van der Waals surface area contributed by atoms with Gasteiger partial charge < -0.3 is 15.7 Å². The summed E-state index contributed by atoms with van der Waals surface area (Å²) < 4.78 is 26.3. The Morgan fingerprint density at radius 2 is 1.70 bits per heavy atom. The second-order valence-electron chi connectivity index (χ2n) is 7.02. The van der Waals surface area contributed by atoms with Gasteiger partial charge in [-0.2, -0.15) is 4.31 Å². The highest BCUT2D eigenvalue weighted by atomic mass is 32.2. The molecule has 2 aromatic carbocycles. The topological polar surface area (TPSA) is 116 Å². The van der Waals surface area contributed by atoms with Gasteiger partial charge in [-0.3, -0.25) is 9.59 Å². The van der Waals surface area contributed by atoms with Gasteiger partial charge in [0.15, 0.2) is 0 Å². The van der Waals surface area contributed by atoms with Crippen molar-refractivity contribution in [2.75, 3.05) is 26.7 Å². The molecule has 0 atom stereocenters. The van der Waals surface area contributed by atoms with Crippen molar-refractivity contribution in [1.82, 2.24) is 14.9 Å². The monoisotopic (exact) mass is 433 g/mol. The summed E-state index contributed by atoms with van der Waals surface area (Å²) in [6, 6.07) is 10.9. The van der Waals surface area contributed by atoms with Crippen LogP contribution in [0.5, 0.6) is 5.75 Å². The molecule has 0 aliphatic heterocycles. The fraction of sp³-hybridized carbons (Fsp3) is 0.333. The predicted molar refractivity (Wildman–Crippen MR) is 114 cm³/mol. The van der Waals surface area contributed by atoms with E-state index in [2.05, 4.69) is 10.6 Å². The number of hydrogen-bond acceptors (Lipinski definition) is 5. The highest BCUT2D eigenvalue weighted by Crippen LogP contribution is 2.18. The molecule has 162 valence electrons. The van der Waals surface area contributed by atoms with Crippen molar-refractivity contribution in [2.45, 2.75) is 25.2 Å². The van der Waals surface area contributed by atoms with Gasteiger partial charge in [-0.1, -0.05) is 12.1 Å². The van der Waals surface area contributed by atoms with Crippen molar-refractivity contribution in [2.24, 2.45) is 0 Å². The third-order valence-corrected chi connectivity index (χ3v) is 6.42. The molecule has 0 unspecified atom stereocenters. The average molecular weight is 434 g/mol. The van der Waals surface area contributed by atoms with E-state index in [-0.39, 0.29) is 29.6 Å². The summed E-state index contributed by atoms with van der Waals surface area (Å²) in [7, 11) is -2.40. The van der Waals surface area contributed by atoms with E-state index >= 15 is 0 Å². The Balaban J connectivity index is 1.76. The third-order valence-electron chi connectivity index (χ3n) is 4.62. The number of carbonyl (C=O) groups is 2. The van der Waals surface area contributed by atoms with Crippen LogP contribution in [0.1, 0.15) is 27.9 Å². The van der Waals surface area contributed by atoms with Crippen LogP contribution in [0, 0.1) is 13.8 Å². The molecule has 0 radical (unpaired) electrons. The Kier molecular flexibility index (Phi) is 7.96. The third kappa shape index (κ3) is 6.30. The molecule has 2 amide bonds. The predicted octanol–water partition coefficient (Wildman–Crippen LogP) is 1.57. The molecule has 0 aromatic heterocycles. The molecule has 2 rings (SSSR count). The summed E-state index contributed by atoms with van der Waals surface area (Å²) in [5.41, 5.74) is 2.20. The lowest BCUT2D eigenvalue weighted by molar-refractivity contribution is -0.121. The molecular weight excluding hydrogens is 406 g/mol. The van der Waals surface area contributed by atoms with Crippen LogP contribution >= 0.6 is 0 Å². The molecule has 3 N–H and O–H groups in total. The van der Waals surface area contributed by atoms with Crippen molar-refractivity contribution >= 4 is 21.8 Å². The average Bonchev–Trinajstić information content (AvgIpc) is 2.69. The van der Waals surface area contributed by atoms with Crippen molar-refractivity contribution < 1.29 is 23.1 Å². The first-order valence-corrected chi connectivity index (χ1v) is 10.9. The number of nitrogens with zero attached hydrogens (tertiary/aromatic N) is 1. The number of hydrogen-bond donors (Lipinski definition) is 3. The molecule has 0 aliphatic carbocycles. The molecule has 0 saturated heterocycles. The number of amides is 2. The zero-order valence-electron chi connectivity index (χ0n) is 17.3. The maximum absolute atomic E-state index is 12.6. The standard InChI is InChI=1S/C21H27N3O5S/c1-15-8-9-19(12-16(15)2)30(28,29)24(3)14-20(26)22-10-5-11-23-21(27)17-6-4-7-18(25)13-17/h4,6-9,12-13,25H,5,10-11,14H2,1-3H3,(H,22,26)(H,23,27). The highest BCUT2D eigenvalue weighted by molar-refractivity contribution is 7.89. The van der Waals surface area contributed by atoms with Crippen molar-refractivity contribution in [3.8, 4) is 5.75 Å². The van der Waals surface area contributed by atoms with Crippen LogP contribution in [0.15, 0.2) is 47.4 Å². The van der Waals surface area contributed by atoms with Crippen LogP contribution in [0.2, 0.25) is 0 Å². The number of aromatic hydroxyl groups is 1. The SMILES string of the molecule is Cc1ccc(S(=O)(=O)N(C)CC(=O)NCCCNC(=O)c2cccc(O)c2)cc1C. The molecule has 0 fully saturated rings. The number of phenolic OH excluding ortho intramolecular Hbond substituents is 1. The fourth-order valence-corrected chi connectivity index (χ4v) is 3.88. The second kappa shape index (κ2) is 10.2. The molecular formula is C21H27N3O5S. The molecule has 0 aliphatic rings. The van der Waals surface area contributed by atoms with Gasteiger partial charge in [0.05, 0.1) is 11.4 Å². The van der Waals surface area contributed by atoms with Gasteiger partial charge in [0.25, 0.3) is 5.91 Å². The summed E-state index contributed by atoms with van der Waals surface area (Å²) in [5.74, 6) is -0.740. The molecule has 0 bridgehead atoms. The number of rotatable bonds is 9. The lowest BCUT2D eigenvalue weighted by Crippen LogP contribution is -2.39. The van der Waals surface area contributed by atoms with E-state index in [1.165, 1.54) is 25.2 Å². The maximum Gasteiger partial charge on any atom is 0.251 e. The second-order valence-corrected chi connectivity index (χ2v) is 9.06. The van der Waals surface area contributed by atoms with E-state index in [1.54, 1.807) is 24.3 Å². The summed E-state index contributed by atoms with van der Waals surface area (Å²) in [6.45, 7) is 4.04. The largest absolute Gasteiger partial charge is 0.508 e. The molecule has 2 aromatic rings. The number of phenols is 1. The zero-order valence-corrected chi connectivity index (χ0v) is 18.1. The van der Waals surface area contributed by atoms with Crippen LogP contribution in [-0.4, -0.2) is 56.3 Å². The molecule has 30 heavy (non-hydrogen) atoms. The Hall–Kier alpha value is -2.91. The van der Waals surface area contributed by atoms with Crippen LogP contribution in [0.4, 0.5) is 0 Å². The summed E-state index contributed by atoms with van der Waals surface area (Å²) in [6.07, 6.45) is 0.476. The quantitative estimate of drug-likeness (QED) is 0.519. The summed E-state index contributed by atoms with van der Waals surface area (Å²) >= 11 is 0. The van der Waals surface area contributed by atoms with Gasteiger partial charge >= 0.3 is 0 Å². The Morgan fingerprint density at radius 3 is 2.37 bits per heavy atom. The smallest absolute Gasteiger partial charge is 0.251 e. The zero-order chi connectivity index (χ0) is 22.3.